The van der Waals surface area contributed by atoms with Crippen LogP contribution in [0.3, 0.4) is 0 Å². The van der Waals surface area contributed by atoms with E-state index in [1.807, 2.05) is 52.8 Å². The highest BCUT2D eigenvalue weighted by Crippen LogP contribution is 2.25. The number of aliphatic hydroxyl groups is 1. The molecule has 0 saturated heterocycles. The fourth-order valence-corrected chi connectivity index (χ4v) is 4.17. The lowest BCUT2D eigenvalue weighted by Gasteiger charge is -2.29. The molecule has 0 saturated carbocycles. The van der Waals surface area contributed by atoms with Crippen LogP contribution in [0.5, 0.6) is 0 Å². The fraction of sp³-hybridized carbons (Fsp3) is 0.531. The van der Waals surface area contributed by atoms with Crippen molar-refractivity contribution in [2.45, 2.75) is 85.3 Å². The molecule has 240 valence electrons. The van der Waals surface area contributed by atoms with Crippen molar-refractivity contribution in [3.8, 4) is 0 Å². The topological polar surface area (TPSA) is 135 Å². The van der Waals surface area contributed by atoms with Gasteiger partial charge in [0, 0.05) is 36.9 Å². The van der Waals surface area contributed by atoms with Crippen molar-refractivity contribution in [1.82, 2.24) is 16.0 Å². The minimum Gasteiger partial charge on any atom is -0.496 e. The van der Waals surface area contributed by atoms with Gasteiger partial charge in [0.15, 0.2) is 0 Å². The molecule has 0 spiro atoms. The first kappa shape index (κ1) is 37.7. The summed E-state index contributed by atoms with van der Waals surface area (Å²) >= 11 is 5.89. The summed E-state index contributed by atoms with van der Waals surface area (Å²) < 4.78 is 16.0. The predicted octanol–water partition coefficient (Wildman–Crippen LogP) is 5.13. The number of nitrogens with one attached hydrogen (secondary N) is 3. The molecule has 1 heterocycles. The molecular weight excluding hydrogens is 574 g/mol. The molecule has 0 aromatic rings. The Morgan fingerprint density at radius 3 is 2.44 bits per heavy atom. The minimum absolute atomic E-state index is 0.0438. The molecule has 3 amide bonds. The van der Waals surface area contributed by atoms with E-state index in [2.05, 4.69) is 16.0 Å². The zero-order valence-electron chi connectivity index (χ0n) is 26.5. The average Bonchev–Trinajstić information content (AvgIpc) is 2.93. The Balaban J connectivity index is 2.71. The molecule has 0 aliphatic carbocycles. The zero-order chi connectivity index (χ0) is 32.6. The second kappa shape index (κ2) is 19.0. The Hall–Kier alpha value is -3.34. The number of allylic oxidation sites excluding steroid dienone is 5. The van der Waals surface area contributed by atoms with E-state index in [1.54, 1.807) is 31.2 Å². The van der Waals surface area contributed by atoms with Crippen LogP contribution in [0, 0.1) is 11.3 Å². The van der Waals surface area contributed by atoms with Crippen LogP contribution in [0.4, 0.5) is 4.79 Å². The summed E-state index contributed by atoms with van der Waals surface area (Å²) in [5, 5.41) is 18.5. The van der Waals surface area contributed by atoms with Crippen molar-refractivity contribution >= 4 is 29.5 Å². The van der Waals surface area contributed by atoms with Crippen LogP contribution < -0.4 is 16.0 Å². The third-order valence-electron chi connectivity index (χ3n) is 6.46. The Morgan fingerprint density at radius 1 is 1.19 bits per heavy atom. The van der Waals surface area contributed by atoms with Crippen molar-refractivity contribution < 1.29 is 33.7 Å². The molecule has 0 bridgehead atoms. The maximum atomic E-state index is 12.9. The van der Waals surface area contributed by atoms with Gasteiger partial charge in [-0.1, -0.05) is 81.3 Å². The number of hydrogen-bond acceptors (Lipinski definition) is 7. The third kappa shape index (κ3) is 15.1. The lowest BCUT2D eigenvalue weighted by atomic mass is 9.86. The van der Waals surface area contributed by atoms with E-state index in [0.29, 0.717) is 30.1 Å². The number of amides is 3. The van der Waals surface area contributed by atoms with Gasteiger partial charge in [0.05, 0.1) is 13.2 Å². The third-order valence-corrected chi connectivity index (χ3v) is 6.62. The zero-order valence-corrected chi connectivity index (χ0v) is 27.2. The van der Waals surface area contributed by atoms with Crippen LogP contribution >= 0.6 is 11.6 Å². The Bertz CT molecular complexity index is 1110. The molecule has 1 aliphatic heterocycles. The van der Waals surface area contributed by atoms with E-state index < -0.39 is 35.9 Å². The van der Waals surface area contributed by atoms with Crippen LogP contribution in [0.15, 0.2) is 71.2 Å². The number of aliphatic hydroxyl groups excluding tert-OH is 1. The van der Waals surface area contributed by atoms with E-state index in [-0.39, 0.29) is 17.9 Å². The van der Waals surface area contributed by atoms with Crippen LogP contribution in [0.25, 0.3) is 0 Å². The summed E-state index contributed by atoms with van der Waals surface area (Å²) in [4.78, 5) is 37.2. The van der Waals surface area contributed by atoms with Gasteiger partial charge in [-0.15, -0.1) is 0 Å². The molecule has 0 fully saturated rings. The second-order valence-electron chi connectivity index (χ2n) is 11.3. The quantitative estimate of drug-likeness (QED) is 0.156. The monoisotopic (exact) mass is 621 g/mol. The highest BCUT2D eigenvalue weighted by molar-refractivity contribution is 6.29. The molecular formula is C32H48ClN3O7. The predicted molar refractivity (Wildman–Crippen MR) is 169 cm³/mol. The van der Waals surface area contributed by atoms with Crippen molar-refractivity contribution in [3.05, 3.63) is 71.2 Å². The van der Waals surface area contributed by atoms with Gasteiger partial charge in [-0.25, -0.2) is 4.79 Å². The summed E-state index contributed by atoms with van der Waals surface area (Å²) in [6.07, 6.45) is 14.5. The number of carbonyl (C=O) groups excluding carboxylic acids is 3. The van der Waals surface area contributed by atoms with E-state index >= 15 is 0 Å². The number of ether oxygens (including phenoxy) is 3. The average molecular weight is 622 g/mol. The normalized spacial score (nSPS) is 20.5. The van der Waals surface area contributed by atoms with E-state index in [1.165, 1.54) is 26.4 Å². The molecule has 5 atom stereocenters. The lowest BCUT2D eigenvalue weighted by molar-refractivity contribution is -0.150. The molecule has 4 N–H and O–H groups in total. The molecule has 10 nitrogen and oxygen atoms in total. The van der Waals surface area contributed by atoms with Crippen molar-refractivity contribution in [1.29, 1.82) is 0 Å². The Morgan fingerprint density at radius 2 is 1.86 bits per heavy atom. The van der Waals surface area contributed by atoms with E-state index in [0.717, 1.165) is 5.57 Å². The van der Waals surface area contributed by atoms with Gasteiger partial charge in [0.2, 0.25) is 18.1 Å². The van der Waals surface area contributed by atoms with Crippen LogP contribution in [-0.4, -0.2) is 61.7 Å². The van der Waals surface area contributed by atoms with Gasteiger partial charge in [0.25, 0.3) is 0 Å². The molecule has 0 radical (unpaired) electrons. The number of hydrogen-bond donors (Lipinski definition) is 4. The second-order valence-corrected chi connectivity index (χ2v) is 11.9. The van der Waals surface area contributed by atoms with Gasteiger partial charge in [-0.3, -0.25) is 9.59 Å². The van der Waals surface area contributed by atoms with E-state index in [9.17, 15) is 19.5 Å². The molecule has 0 aromatic carbocycles. The Labute approximate surface area is 260 Å². The molecule has 1 aliphatic rings. The number of carbonyl (C=O) groups is 3. The van der Waals surface area contributed by atoms with Crippen molar-refractivity contribution in [3.63, 3.8) is 0 Å². The number of alkyl carbamates (subject to hydrolysis) is 1. The molecule has 43 heavy (non-hydrogen) atoms. The van der Waals surface area contributed by atoms with Gasteiger partial charge < -0.3 is 35.3 Å². The van der Waals surface area contributed by atoms with Gasteiger partial charge in [0.1, 0.15) is 17.9 Å². The number of rotatable bonds is 14. The summed E-state index contributed by atoms with van der Waals surface area (Å²) in [7, 11) is 2.97. The van der Waals surface area contributed by atoms with Crippen LogP contribution in [0.2, 0.25) is 0 Å². The van der Waals surface area contributed by atoms with Gasteiger partial charge in [-0.05, 0) is 38.0 Å². The first-order valence-corrected chi connectivity index (χ1v) is 14.6. The molecule has 11 heteroatoms. The minimum atomic E-state index is -1.07. The first-order valence-electron chi connectivity index (χ1n) is 14.2. The maximum Gasteiger partial charge on any atom is 0.407 e. The van der Waals surface area contributed by atoms with Gasteiger partial charge in [-0.2, -0.15) is 0 Å². The molecule has 0 unspecified atom stereocenters. The van der Waals surface area contributed by atoms with E-state index in [4.69, 9.17) is 25.8 Å². The lowest BCUT2D eigenvalue weighted by Crippen LogP contribution is -2.52. The van der Waals surface area contributed by atoms with Crippen LogP contribution in [0.1, 0.15) is 60.8 Å². The standard InChI is InChI=1S/C32H48ClN3O7/c1-21(20-22(2)25-17-18-26(41-8)30(39)43-25)12-9-10-14-27(37)36-28(32(4,5)6)29(38)35-19-11-13-24(16-15-23(3)33)42-31(40)34-7/h9-12,14-15,18-20,22,24-25,28,30,39H,13,16-17H2,1-8H3,(H,34,40)(H,35,38)(H,36,37)/b12-9-,14-10-,19-11-,21-20+,23-15+/t22-,24+,25-,28+,30+/m0/s1. The van der Waals surface area contributed by atoms with Gasteiger partial charge >= 0.3 is 6.09 Å². The number of halogens is 1. The first-order chi connectivity index (χ1) is 20.2. The summed E-state index contributed by atoms with van der Waals surface area (Å²) in [5.41, 5.74) is 0.404. The highest BCUT2D eigenvalue weighted by Gasteiger charge is 2.32. The van der Waals surface area contributed by atoms with Crippen LogP contribution in [-0.2, 0) is 23.8 Å². The Kier molecular flexibility index (Phi) is 16.7. The largest absolute Gasteiger partial charge is 0.496 e. The molecule has 0 aromatic heterocycles. The highest BCUT2D eigenvalue weighted by atomic mass is 35.5. The summed E-state index contributed by atoms with van der Waals surface area (Å²) in [5.74, 6) is -0.329. The number of methoxy groups -OCH3 is 1. The SMILES string of the molecule is CNC(=O)O[C@H](C/C=C\NC(=O)[C@@H](NC(=O)\C=C/C=C\C(C)=C\[C@H](C)[C@@H]1CC=C(OC)[C@H](O)O1)C(C)(C)C)C/C=C(\C)Cl. The summed E-state index contributed by atoms with van der Waals surface area (Å²) in [6.45, 7) is 11.2. The smallest absolute Gasteiger partial charge is 0.407 e. The maximum absolute atomic E-state index is 12.9. The fourth-order valence-electron chi connectivity index (χ4n) is 4.08. The summed E-state index contributed by atoms with van der Waals surface area (Å²) in [6, 6.07) is -0.806. The molecule has 1 rings (SSSR count). The van der Waals surface area contributed by atoms with Crippen molar-refractivity contribution in [2.75, 3.05) is 14.2 Å². The van der Waals surface area contributed by atoms with Crippen molar-refractivity contribution in [2.24, 2.45) is 11.3 Å².